The zero-order chi connectivity index (χ0) is 22.3. The monoisotopic (exact) mass is 425 g/mol. The van der Waals surface area contributed by atoms with Crippen molar-refractivity contribution in [1.82, 2.24) is 25.2 Å². The van der Waals surface area contributed by atoms with Gasteiger partial charge in [-0.05, 0) is 67.1 Å². The van der Waals surface area contributed by atoms with Crippen molar-refractivity contribution < 1.29 is 10.0 Å². The zero-order valence-corrected chi connectivity index (χ0v) is 19.1. The number of aliphatic hydroxyl groups excluding tert-OH is 1. The molecule has 0 unspecified atom stereocenters. The number of pyridine rings is 1. The third-order valence-corrected chi connectivity index (χ3v) is 7.09. The molecule has 0 spiro atoms. The largest absolute Gasteiger partial charge is 0.393 e. The van der Waals surface area contributed by atoms with Crippen LogP contribution in [0.1, 0.15) is 68.6 Å². The zero-order valence-electron chi connectivity index (χ0n) is 19.1. The summed E-state index contributed by atoms with van der Waals surface area (Å²) in [5.74, 6) is 0.701. The predicted molar refractivity (Wildman–Crippen MR) is 119 cm³/mol. The standard InChI is InChI=1S/C23H32N6O2/c1-6-23(4,5)29-21(25-26-27-29)20(28-11-9-17(30)10-12-28)18-13-16-8-7-14(2)15(3)19(16)24-22(18)31/h7-8,13,17,20,30H,6,9-12H2,1-5H3,(H,24,31)/p+1/t20-/m0/s1. The fourth-order valence-corrected chi connectivity index (χ4v) is 4.51. The number of quaternary nitrogens is 1. The molecule has 3 N–H and O–H groups in total. The van der Waals surface area contributed by atoms with Gasteiger partial charge in [-0.25, -0.2) is 4.68 Å². The number of piperidine rings is 1. The molecule has 8 nitrogen and oxygen atoms in total. The van der Waals surface area contributed by atoms with Gasteiger partial charge in [0.25, 0.3) is 5.56 Å². The van der Waals surface area contributed by atoms with Gasteiger partial charge in [0.2, 0.25) is 5.82 Å². The van der Waals surface area contributed by atoms with Crippen LogP contribution in [0.15, 0.2) is 23.0 Å². The van der Waals surface area contributed by atoms with Gasteiger partial charge >= 0.3 is 0 Å². The van der Waals surface area contributed by atoms with Crippen LogP contribution in [0, 0.1) is 13.8 Å². The van der Waals surface area contributed by atoms with Gasteiger partial charge in [-0.2, -0.15) is 0 Å². The lowest BCUT2D eigenvalue weighted by atomic mass is 9.96. The number of aliphatic hydroxyl groups is 1. The van der Waals surface area contributed by atoms with E-state index in [0.29, 0.717) is 24.2 Å². The minimum absolute atomic E-state index is 0.103. The normalized spacial score (nSPS) is 20.8. The number of fused-ring (bicyclic) bond motifs is 1. The third kappa shape index (κ3) is 3.90. The lowest BCUT2D eigenvalue weighted by molar-refractivity contribution is -0.932. The summed E-state index contributed by atoms with van der Waals surface area (Å²) in [5, 5.41) is 23.8. The maximum atomic E-state index is 13.4. The van der Waals surface area contributed by atoms with Gasteiger partial charge in [0.05, 0.1) is 35.8 Å². The van der Waals surface area contributed by atoms with E-state index in [1.807, 2.05) is 24.6 Å². The lowest BCUT2D eigenvalue weighted by Crippen LogP contribution is -3.14. The SMILES string of the molecule is CCC(C)(C)n1nnnc1[C@H](c1cc2ccc(C)c(C)c2[nH]c1=O)[NH+]1CCC(O)CC1. The van der Waals surface area contributed by atoms with Gasteiger partial charge in [0, 0.05) is 12.8 Å². The minimum atomic E-state index is -0.303. The van der Waals surface area contributed by atoms with Gasteiger partial charge in [0.15, 0.2) is 6.04 Å². The first-order valence-corrected chi connectivity index (χ1v) is 11.2. The molecule has 3 aromatic rings. The van der Waals surface area contributed by atoms with Crippen molar-refractivity contribution in [2.45, 2.75) is 71.6 Å². The molecule has 1 fully saturated rings. The van der Waals surface area contributed by atoms with Gasteiger partial charge in [0.1, 0.15) is 0 Å². The maximum absolute atomic E-state index is 13.4. The third-order valence-electron chi connectivity index (χ3n) is 7.09. The summed E-state index contributed by atoms with van der Waals surface area (Å²) < 4.78 is 1.87. The molecule has 0 aliphatic carbocycles. The number of hydrogen-bond donors (Lipinski definition) is 3. The number of H-pyrrole nitrogens is 1. The summed E-state index contributed by atoms with van der Waals surface area (Å²) >= 11 is 0. The van der Waals surface area contributed by atoms with Crippen molar-refractivity contribution in [3.05, 3.63) is 51.1 Å². The van der Waals surface area contributed by atoms with E-state index in [4.69, 9.17) is 0 Å². The van der Waals surface area contributed by atoms with Crippen LogP contribution < -0.4 is 10.5 Å². The van der Waals surface area contributed by atoms with E-state index in [-0.39, 0.29) is 23.2 Å². The number of aryl methyl sites for hydroxylation is 2. The average Bonchev–Trinajstić information content (AvgIpc) is 3.24. The smallest absolute Gasteiger partial charge is 0.258 e. The molecule has 0 amide bonds. The van der Waals surface area contributed by atoms with E-state index in [9.17, 15) is 9.90 Å². The van der Waals surface area contributed by atoms with Crippen LogP contribution in [0.4, 0.5) is 0 Å². The Morgan fingerprint density at radius 3 is 2.68 bits per heavy atom. The van der Waals surface area contributed by atoms with Crippen LogP contribution in [0.2, 0.25) is 0 Å². The van der Waals surface area contributed by atoms with Gasteiger partial charge in [-0.3, -0.25) is 4.79 Å². The molecule has 166 valence electrons. The molecule has 8 heteroatoms. The number of rotatable bonds is 5. The lowest BCUT2D eigenvalue weighted by Gasteiger charge is -2.34. The number of aromatic amines is 1. The number of nitrogens with one attached hydrogen (secondary N) is 2. The Balaban J connectivity index is 1.91. The topological polar surface area (TPSA) is 101 Å². The van der Waals surface area contributed by atoms with Crippen LogP contribution in [-0.4, -0.2) is 49.5 Å². The Labute approximate surface area is 182 Å². The second kappa shape index (κ2) is 8.16. The van der Waals surface area contributed by atoms with E-state index in [0.717, 1.165) is 41.5 Å². The van der Waals surface area contributed by atoms with Crippen LogP contribution in [0.25, 0.3) is 10.9 Å². The highest BCUT2D eigenvalue weighted by atomic mass is 16.3. The molecule has 4 rings (SSSR count). The highest BCUT2D eigenvalue weighted by molar-refractivity contribution is 5.83. The summed E-state index contributed by atoms with van der Waals surface area (Å²) in [6.45, 7) is 11.9. The van der Waals surface area contributed by atoms with Gasteiger partial charge in [-0.1, -0.05) is 19.1 Å². The molecule has 1 aromatic carbocycles. The molecule has 2 aromatic heterocycles. The first-order chi connectivity index (χ1) is 14.7. The molecule has 1 aliphatic rings. The number of tetrazole rings is 1. The molecule has 31 heavy (non-hydrogen) atoms. The Morgan fingerprint density at radius 1 is 1.29 bits per heavy atom. The quantitative estimate of drug-likeness (QED) is 0.574. The molecule has 1 aliphatic heterocycles. The van der Waals surface area contributed by atoms with E-state index in [1.165, 1.54) is 4.90 Å². The van der Waals surface area contributed by atoms with Crippen LogP contribution >= 0.6 is 0 Å². The fourth-order valence-electron chi connectivity index (χ4n) is 4.51. The van der Waals surface area contributed by atoms with E-state index in [1.54, 1.807) is 0 Å². The molecule has 1 saturated heterocycles. The molecule has 1 atom stereocenters. The highest BCUT2D eigenvalue weighted by Crippen LogP contribution is 2.26. The molecular formula is C23H33N6O2+. The van der Waals surface area contributed by atoms with Crippen molar-refractivity contribution in [2.24, 2.45) is 0 Å². The summed E-state index contributed by atoms with van der Waals surface area (Å²) in [5.41, 5.74) is 3.41. The van der Waals surface area contributed by atoms with Gasteiger partial charge in [-0.15, -0.1) is 5.10 Å². The van der Waals surface area contributed by atoms with E-state index in [2.05, 4.69) is 53.4 Å². The molecule has 0 saturated carbocycles. The average molecular weight is 426 g/mol. The molecule has 3 heterocycles. The summed E-state index contributed by atoms with van der Waals surface area (Å²) in [6, 6.07) is 5.84. The van der Waals surface area contributed by atoms with E-state index >= 15 is 0 Å². The minimum Gasteiger partial charge on any atom is -0.393 e. The molecule has 0 bridgehead atoms. The Hall–Kier alpha value is -2.58. The van der Waals surface area contributed by atoms with Gasteiger partial charge < -0.3 is 15.0 Å². The van der Waals surface area contributed by atoms with Crippen molar-refractivity contribution >= 4 is 10.9 Å². The van der Waals surface area contributed by atoms with Crippen LogP contribution in [0.5, 0.6) is 0 Å². The van der Waals surface area contributed by atoms with Crippen molar-refractivity contribution in [2.75, 3.05) is 13.1 Å². The van der Waals surface area contributed by atoms with Crippen LogP contribution in [-0.2, 0) is 5.54 Å². The molecular weight excluding hydrogens is 392 g/mol. The number of aromatic nitrogens is 5. The Kier molecular flexibility index (Phi) is 5.70. The highest BCUT2D eigenvalue weighted by Gasteiger charge is 2.38. The Morgan fingerprint density at radius 2 is 2.00 bits per heavy atom. The number of benzene rings is 1. The van der Waals surface area contributed by atoms with Crippen molar-refractivity contribution in [3.63, 3.8) is 0 Å². The van der Waals surface area contributed by atoms with Crippen LogP contribution in [0.3, 0.4) is 0 Å². The fraction of sp³-hybridized carbons (Fsp3) is 0.565. The van der Waals surface area contributed by atoms with Crippen molar-refractivity contribution in [3.8, 4) is 0 Å². The van der Waals surface area contributed by atoms with Crippen molar-refractivity contribution in [1.29, 1.82) is 0 Å². The number of nitrogens with zero attached hydrogens (tertiary/aromatic N) is 4. The Bertz CT molecular complexity index is 1140. The summed E-state index contributed by atoms with van der Waals surface area (Å²) in [4.78, 5) is 17.7. The first-order valence-electron chi connectivity index (χ1n) is 11.2. The van der Waals surface area contributed by atoms with E-state index < -0.39 is 0 Å². The second-order valence-corrected chi connectivity index (χ2v) is 9.46. The summed E-state index contributed by atoms with van der Waals surface area (Å²) in [6.07, 6.45) is 1.98. The maximum Gasteiger partial charge on any atom is 0.258 e. The second-order valence-electron chi connectivity index (χ2n) is 9.46. The number of hydrogen-bond acceptors (Lipinski definition) is 5. The first kappa shape index (κ1) is 21.6. The predicted octanol–water partition coefficient (Wildman–Crippen LogP) is 1.41. The molecule has 0 radical (unpaired) electrons. The summed E-state index contributed by atoms with van der Waals surface area (Å²) in [7, 11) is 0. The number of likely N-dealkylation sites (tertiary alicyclic amines) is 1.